The molecule has 1 heterocycles. The molecule has 0 spiro atoms. The lowest BCUT2D eigenvalue weighted by atomic mass is 10.2. The molecular weight excluding hydrogens is 202 g/mol. The zero-order valence-corrected chi connectivity index (χ0v) is 10.7. The van der Waals surface area contributed by atoms with Gasteiger partial charge >= 0.3 is 0 Å². The molecule has 2 N–H and O–H groups in total. The van der Waals surface area contributed by atoms with E-state index in [0.717, 1.165) is 25.3 Å². The molecule has 1 aromatic rings. The summed E-state index contributed by atoms with van der Waals surface area (Å²) in [5, 5.41) is 14.7. The molecule has 0 amide bonds. The van der Waals surface area contributed by atoms with Crippen LogP contribution in [-0.4, -0.2) is 34.1 Å². The van der Waals surface area contributed by atoms with Crippen LogP contribution in [0.1, 0.15) is 26.5 Å². The summed E-state index contributed by atoms with van der Waals surface area (Å²) in [6.07, 6.45) is 1.93. The SMILES string of the molecule is CC(C)CNCC(C)NCc1cn(C)nn1. The van der Waals surface area contributed by atoms with Gasteiger partial charge in [-0.1, -0.05) is 19.1 Å². The van der Waals surface area contributed by atoms with Gasteiger partial charge in [0, 0.05) is 32.4 Å². The van der Waals surface area contributed by atoms with Gasteiger partial charge in [-0.3, -0.25) is 4.68 Å². The van der Waals surface area contributed by atoms with Gasteiger partial charge in [0.1, 0.15) is 0 Å². The molecule has 0 saturated carbocycles. The monoisotopic (exact) mass is 225 g/mol. The number of hydrogen-bond donors (Lipinski definition) is 2. The molecule has 92 valence electrons. The van der Waals surface area contributed by atoms with Gasteiger partial charge in [0.15, 0.2) is 0 Å². The third kappa shape index (κ3) is 5.23. The van der Waals surface area contributed by atoms with Gasteiger partial charge in [-0.25, -0.2) is 0 Å². The van der Waals surface area contributed by atoms with Crippen LogP contribution >= 0.6 is 0 Å². The second-order valence-corrected chi connectivity index (χ2v) is 4.72. The molecular formula is C11H23N5. The van der Waals surface area contributed by atoms with Crippen molar-refractivity contribution in [2.45, 2.75) is 33.4 Å². The van der Waals surface area contributed by atoms with Gasteiger partial charge in [0.25, 0.3) is 0 Å². The number of nitrogens with zero attached hydrogens (tertiary/aromatic N) is 3. The summed E-state index contributed by atoms with van der Waals surface area (Å²) in [6.45, 7) is 9.42. The van der Waals surface area contributed by atoms with E-state index < -0.39 is 0 Å². The highest BCUT2D eigenvalue weighted by atomic mass is 15.4. The fourth-order valence-corrected chi connectivity index (χ4v) is 1.42. The third-order valence-electron chi connectivity index (χ3n) is 2.28. The van der Waals surface area contributed by atoms with Crippen molar-refractivity contribution in [2.24, 2.45) is 13.0 Å². The maximum Gasteiger partial charge on any atom is 0.0964 e. The van der Waals surface area contributed by atoms with Gasteiger partial charge < -0.3 is 10.6 Å². The number of nitrogens with one attached hydrogen (secondary N) is 2. The fraction of sp³-hybridized carbons (Fsp3) is 0.818. The standard InChI is InChI=1S/C11H23N5/c1-9(2)5-12-6-10(3)13-7-11-8-16(4)15-14-11/h8-10,12-13H,5-7H2,1-4H3. The average molecular weight is 225 g/mol. The summed E-state index contributed by atoms with van der Waals surface area (Å²) in [4.78, 5) is 0. The van der Waals surface area contributed by atoms with Crippen LogP contribution in [0.25, 0.3) is 0 Å². The zero-order chi connectivity index (χ0) is 12.0. The van der Waals surface area contributed by atoms with Crippen molar-refractivity contribution in [3.05, 3.63) is 11.9 Å². The van der Waals surface area contributed by atoms with Crippen molar-refractivity contribution in [1.29, 1.82) is 0 Å². The minimum Gasteiger partial charge on any atom is -0.315 e. The van der Waals surface area contributed by atoms with Crippen molar-refractivity contribution in [3.8, 4) is 0 Å². The lowest BCUT2D eigenvalue weighted by Crippen LogP contribution is -2.37. The molecule has 1 atom stereocenters. The smallest absolute Gasteiger partial charge is 0.0964 e. The number of aromatic nitrogens is 3. The normalized spacial score (nSPS) is 13.3. The van der Waals surface area contributed by atoms with Crippen molar-refractivity contribution < 1.29 is 0 Å². The summed E-state index contributed by atoms with van der Waals surface area (Å²) in [7, 11) is 1.88. The molecule has 16 heavy (non-hydrogen) atoms. The molecule has 1 aromatic heterocycles. The van der Waals surface area contributed by atoms with E-state index in [1.54, 1.807) is 4.68 Å². The predicted molar refractivity (Wildman–Crippen MR) is 65.0 cm³/mol. The van der Waals surface area contributed by atoms with E-state index in [2.05, 4.69) is 41.7 Å². The van der Waals surface area contributed by atoms with Crippen molar-refractivity contribution >= 4 is 0 Å². The highest BCUT2D eigenvalue weighted by Crippen LogP contribution is 1.92. The molecule has 0 aromatic carbocycles. The Bertz CT molecular complexity index is 294. The Kier molecular flexibility index (Phi) is 5.42. The Morgan fingerprint density at radius 3 is 2.62 bits per heavy atom. The number of rotatable bonds is 7. The van der Waals surface area contributed by atoms with Gasteiger partial charge in [-0.15, -0.1) is 5.10 Å². The molecule has 0 bridgehead atoms. The summed E-state index contributed by atoms with van der Waals surface area (Å²) in [6, 6.07) is 0.445. The molecule has 1 unspecified atom stereocenters. The van der Waals surface area contributed by atoms with Gasteiger partial charge in [0.05, 0.1) is 5.69 Å². The van der Waals surface area contributed by atoms with E-state index >= 15 is 0 Å². The Hall–Kier alpha value is -0.940. The number of aryl methyl sites for hydroxylation is 1. The molecule has 5 heteroatoms. The summed E-state index contributed by atoms with van der Waals surface area (Å²) >= 11 is 0. The maximum atomic E-state index is 4.03. The van der Waals surface area contributed by atoms with Gasteiger partial charge in [-0.2, -0.15) is 0 Å². The van der Waals surface area contributed by atoms with Crippen molar-refractivity contribution in [3.63, 3.8) is 0 Å². The Morgan fingerprint density at radius 1 is 1.31 bits per heavy atom. The topological polar surface area (TPSA) is 54.8 Å². The average Bonchev–Trinajstić information content (AvgIpc) is 2.61. The van der Waals surface area contributed by atoms with Crippen LogP contribution in [0.4, 0.5) is 0 Å². The Balaban J connectivity index is 2.12. The zero-order valence-electron chi connectivity index (χ0n) is 10.7. The van der Waals surface area contributed by atoms with E-state index in [4.69, 9.17) is 0 Å². The molecule has 0 fully saturated rings. The first kappa shape index (κ1) is 13.1. The second-order valence-electron chi connectivity index (χ2n) is 4.72. The largest absolute Gasteiger partial charge is 0.315 e. The highest BCUT2D eigenvalue weighted by Gasteiger charge is 2.03. The summed E-state index contributed by atoms with van der Waals surface area (Å²) in [5.41, 5.74) is 0.984. The van der Waals surface area contributed by atoms with E-state index in [1.807, 2.05) is 13.2 Å². The predicted octanol–water partition coefficient (Wildman–Crippen LogP) is 0.539. The van der Waals surface area contributed by atoms with E-state index in [-0.39, 0.29) is 0 Å². The first-order valence-corrected chi connectivity index (χ1v) is 5.87. The molecule has 1 rings (SSSR count). The second kappa shape index (κ2) is 6.60. The lowest BCUT2D eigenvalue weighted by Gasteiger charge is -2.14. The molecule has 0 radical (unpaired) electrons. The molecule has 5 nitrogen and oxygen atoms in total. The van der Waals surface area contributed by atoms with Crippen molar-refractivity contribution in [2.75, 3.05) is 13.1 Å². The van der Waals surface area contributed by atoms with Crippen LogP contribution in [0.5, 0.6) is 0 Å². The molecule has 0 aliphatic heterocycles. The molecule has 0 aliphatic rings. The summed E-state index contributed by atoms with van der Waals surface area (Å²) in [5.74, 6) is 0.701. The van der Waals surface area contributed by atoms with Crippen LogP contribution in [0.15, 0.2) is 6.20 Å². The van der Waals surface area contributed by atoms with E-state index in [1.165, 1.54) is 0 Å². The first-order valence-electron chi connectivity index (χ1n) is 5.87. The quantitative estimate of drug-likeness (QED) is 0.711. The lowest BCUT2D eigenvalue weighted by molar-refractivity contribution is 0.470. The fourth-order valence-electron chi connectivity index (χ4n) is 1.42. The maximum absolute atomic E-state index is 4.03. The van der Waals surface area contributed by atoms with E-state index in [0.29, 0.717) is 12.0 Å². The Labute approximate surface area is 97.6 Å². The minimum atomic E-state index is 0.445. The van der Waals surface area contributed by atoms with Crippen molar-refractivity contribution in [1.82, 2.24) is 25.6 Å². The Morgan fingerprint density at radius 2 is 2.06 bits per heavy atom. The van der Waals surface area contributed by atoms with Crippen LogP contribution in [0.3, 0.4) is 0 Å². The minimum absolute atomic E-state index is 0.445. The van der Waals surface area contributed by atoms with Crippen LogP contribution < -0.4 is 10.6 Å². The van der Waals surface area contributed by atoms with Gasteiger partial charge in [0.2, 0.25) is 0 Å². The van der Waals surface area contributed by atoms with Crippen LogP contribution in [-0.2, 0) is 13.6 Å². The van der Waals surface area contributed by atoms with Crippen LogP contribution in [0.2, 0.25) is 0 Å². The summed E-state index contributed by atoms with van der Waals surface area (Å²) < 4.78 is 1.72. The molecule has 0 saturated heterocycles. The van der Waals surface area contributed by atoms with Crippen LogP contribution in [0, 0.1) is 5.92 Å². The number of hydrogen-bond acceptors (Lipinski definition) is 4. The highest BCUT2D eigenvalue weighted by molar-refractivity contribution is 4.91. The molecule has 0 aliphatic carbocycles. The third-order valence-corrected chi connectivity index (χ3v) is 2.28. The van der Waals surface area contributed by atoms with E-state index in [9.17, 15) is 0 Å². The van der Waals surface area contributed by atoms with Gasteiger partial charge in [-0.05, 0) is 19.4 Å². The first-order chi connectivity index (χ1) is 7.58.